The summed E-state index contributed by atoms with van der Waals surface area (Å²) in [4.78, 5) is 33.1. The highest BCUT2D eigenvalue weighted by Gasteiger charge is 2.22. The number of carbonyl (C=O) groups excluding carboxylic acids is 1. The lowest BCUT2D eigenvalue weighted by Crippen LogP contribution is -2.27. The zero-order chi connectivity index (χ0) is 19.0. The van der Waals surface area contributed by atoms with E-state index in [0.29, 0.717) is 17.4 Å². The van der Waals surface area contributed by atoms with Crippen LogP contribution in [0.2, 0.25) is 0 Å². The van der Waals surface area contributed by atoms with Gasteiger partial charge in [0.2, 0.25) is 5.95 Å². The van der Waals surface area contributed by atoms with E-state index in [1.165, 1.54) is 28.2 Å². The van der Waals surface area contributed by atoms with Crippen LogP contribution in [-0.2, 0) is 19.4 Å². The monoisotopic (exact) mass is 399 g/mol. The van der Waals surface area contributed by atoms with Crippen molar-refractivity contribution in [1.29, 1.82) is 0 Å². The second-order valence-electron chi connectivity index (χ2n) is 6.93. The summed E-state index contributed by atoms with van der Waals surface area (Å²) in [5.74, 6) is 0.436. The highest BCUT2D eigenvalue weighted by molar-refractivity contribution is 7.18. The fraction of sp³-hybridized carbons (Fsp3) is 0.350. The third-order valence-corrected chi connectivity index (χ3v) is 6.80. The number of carbonyl (C=O) groups is 1. The Morgan fingerprint density at radius 1 is 1.37 bits per heavy atom. The molecule has 0 unspecified atom stereocenters. The lowest BCUT2D eigenvalue weighted by Gasteiger charge is -2.14. The molecule has 140 valence electrons. The van der Waals surface area contributed by atoms with Crippen molar-refractivity contribution in [3.63, 3.8) is 0 Å². The summed E-state index contributed by atoms with van der Waals surface area (Å²) >= 11 is 3.03. The molecule has 1 aliphatic rings. The molecule has 3 aromatic heterocycles. The third-order valence-electron chi connectivity index (χ3n) is 4.71. The minimum atomic E-state index is -0.0338. The van der Waals surface area contributed by atoms with Crippen LogP contribution in [-0.4, -0.2) is 21.9 Å². The van der Waals surface area contributed by atoms with Crippen LogP contribution < -0.4 is 10.9 Å². The highest BCUT2D eigenvalue weighted by atomic mass is 32.1. The number of thiophene rings is 2. The molecule has 3 heterocycles. The third kappa shape index (κ3) is 3.49. The fourth-order valence-corrected chi connectivity index (χ4v) is 5.39. The van der Waals surface area contributed by atoms with Crippen molar-refractivity contribution < 1.29 is 4.79 Å². The van der Waals surface area contributed by atoms with Crippen molar-refractivity contribution in [1.82, 2.24) is 9.55 Å². The van der Waals surface area contributed by atoms with Gasteiger partial charge in [-0.15, -0.1) is 22.7 Å². The largest absolute Gasteiger partial charge is 0.348 e. The number of rotatable bonds is 6. The molecule has 0 bridgehead atoms. The Balaban J connectivity index is 1.75. The van der Waals surface area contributed by atoms with Gasteiger partial charge in [-0.3, -0.25) is 14.2 Å². The molecular formula is C20H21N3O2S2. The molecule has 1 aliphatic carbocycles. The Bertz CT molecular complexity index is 1080. The number of aromatic nitrogens is 2. The Labute approximate surface area is 165 Å². The first kappa shape index (κ1) is 18.1. The number of Topliss-reactive ketones (excluding diaryl/α,β-unsaturated/α-hetero) is 1. The van der Waals surface area contributed by atoms with Gasteiger partial charge in [-0.2, -0.15) is 0 Å². The van der Waals surface area contributed by atoms with Crippen LogP contribution >= 0.6 is 22.7 Å². The molecular weight excluding hydrogens is 378 g/mol. The summed E-state index contributed by atoms with van der Waals surface area (Å²) in [5.41, 5.74) is 2.01. The Kier molecular flexibility index (Phi) is 4.97. The number of anilines is 1. The van der Waals surface area contributed by atoms with E-state index in [1.54, 1.807) is 22.0 Å². The lowest BCUT2D eigenvalue weighted by atomic mass is 9.97. The number of ketones is 1. The summed E-state index contributed by atoms with van der Waals surface area (Å²) in [5, 5.41) is 5.73. The summed E-state index contributed by atoms with van der Waals surface area (Å²) < 4.78 is 1.62. The molecule has 0 radical (unpaired) electrons. The van der Waals surface area contributed by atoms with Crippen LogP contribution in [0.5, 0.6) is 0 Å². The Morgan fingerprint density at radius 3 is 2.93 bits per heavy atom. The molecule has 0 aromatic carbocycles. The second-order valence-corrected chi connectivity index (χ2v) is 8.96. The van der Waals surface area contributed by atoms with Crippen molar-refractivity contribution in [2.75, 3.05) is 11.9 Å². The molecule has 4 rings (SSSR count). The number of hydrogen-bond donors (Lipinski definition) is 1. The average molecular weight is 400 g/mol. The van der Waals surface area contributed by atoms with Crippen LogP contribution in [0.25, 0.3) is 10.2 Å². The smallest absolute Gasteiger partial charge is 0.264 e. The van der Waals surface area contributed by atoms with E-state index in [-0.39, 0.29) is 17.9 Å². The second kappa shape index (κ2) is 7.40. The maximum Gasteiger partial charge on any atom is 0.264 e. The molecule has 0 amide bonds. The van der Waals surface area contributed by atoms with E-state index in [4.69, 9.17) is 4.98 Å². The van der Waals surface area contributed by atoms with E-state index >= 15 is 0 Å². The van der Waals surface area contributed by atoms with Crippen LogP contribution in [0.4, 0.5) is 5.95 Å². The van der Waals surface area contributed by atoms with Gasteiger partial charge in [-0.1, -0.05) is 18.2 Å². The molecule has 0 aliphatic heterocycles. The predicted molar refractivity (Wildman–Crippen MR) is 112 cm³/mol. The summed E-state index contributed by atoms with van der Waals surface area (Å²) in [6, 6.07) is 3.66. The summed E-state index contributed by atoms with van der Waals surface area (Å²) in [6.07, 6.45) is 4.26. The molecule has 27 heavy (non-hydrogen) atoms. The topological polar surface area (TPSA) is 64.0 Å². The minimum Gasteiger partial charge on any atom is -0.348 e. The van der Waals surface area contributed by atoms with Crippen LogP contribution in [0.3, 0.4) is 0 Å². The van der Waals surface area contributed by atoms with Gasteiger partial charge in [-0.05, 0) is 49.6 Å². The average Bonchev–Trinajstić information content (AvgIpc) is 3.29. The van der Waals surface area contributed by atoms with Crippen molar-refractivity contribution in [3.8, 4) is 0 Å². The molecule has 7 heteroatoms. The summed E-state index contributed by atoms with van der Waals surface area (Å²) in [6.45, 7) is 6.34. The normalized spacial score (nSPS) is 13.5. The Morgan fingerprint density at radius 2 is 2.19 bits per heavy atom. The zero-order valence-electron chi connectivity index (χ0n) is 15.2. The van der Waals surface area contributed by atoms with Crippen LogP contribution in [0, 0.1) is 0 Å². The SMILES string of the molecule is C=C(C)Cn1c(NCC(=O)c2cccs2)nc2sc3c(c2c1=O)CCCC3. The zero-order valence-corrected chi connectivity index (χ0v) is 16.8. The van der Waals surface area contributed by atoms with E-state index in [0.717, 1.165) is 35.1 Å². The molecule has 0 fully saturated rings. The molecule has 0 saturated heterocycles. The maximum absolute atomic E-state index is 13.3. The first-order valence-electron chi connectivity index (χ1n) is 9.04. The van der Waals surface area contributed by atoms with E-state index < -0.39 is 0 Å². The van der Waals surface area contributed by atoms with Gasteiger partial charge in [-0.25, -0.2) is 4.98 Å². The molecule has 3 aromatic rings. The highest BCUT2D eigenvalue weighted by Crippen LogP contribution is 2.34. The van der Waals surface area contributed by atoms with Crippen LogP contribution in [0.1, 0.15) is 39.9 Å². The number of nitrogens with one attached hydrogen (secondary N) is 1. The molecule has 0 atom stereocenters. The van der Waals surface area contributed by atoms with Gasteiger partial charge >= 0.3 is 0 Å². The first-order chi connectivity index (χ1) is 13.0. The molecule has 5 nitrogen and oxygen atoms in total. The van der Waals surface area contributed by atoms with Crippen LogP contribution in [0.15, 0.2) is 34.5 Å². The predicted octanol–water partition coefficient (Wildman–Crippen LogP) is 4.27. The number of allylic oxidation sites excluding steroid dienone is 1. The van der Waals surface area contributed by atoms with Gasteiger partial charge in [0, 0.05) is 11.4 Å². The first-order valence-corrected chi connectivity index (χ1v) is 10.7. The van der Waals surface area contributed by atoms with E-state index in [2.05, 4.69) is 11.9 Å². The van der Waals surface area contributed by atoms with Gasteiger partial charge in [0.1, 0.15) is 4.83 Å². The van der Waals surface area contributed by atoms with Gasteiger partial charge in [0.25, 0.3) is 5.56 Å². The molecule has 0 spiro atoms. The number of nitrogens with zero attached hydrogens (tertiary/aromatic N) is 2. The van der Waals surface area contributed by atoms with Gasteiger partial charge in [0.05, 0.1) is 16.8 Å². The van der Waals surface area contributed by atoms with Gasteiger partial charge < -0.3 is 5.32 Å². The molecule has 1 N–H and O–H groups in total. The van der Waals surface area contributed by atoms with Gasteiger partial charge in [0.15, 0.2) is 5.78 Å². The van der Waals surface area contributed by atoms with Crippen molar-refractivity contribution in [3.05, 3.63) is 55.3 Å². The lowest BCUT2D eigenvalue weighted by molar-refractivity contribution is 0.101. The van der Waals surface area contributed by atoms with Crippen molar-refractivity contribution in [2.24, 2.45) is 0 Å². The number of aryl methyl sites for hydroxylation is 2. The molecule has 0 saturated carbocycles. The van der Waals surface area contributed by atoms with E-state index in [1.807, 2.05) is 18.4 Å². The number of fused-ring (bicyclic) bond motifs is 3. The van der Waals surface area contributed by atoms with Crippen molar-refractivity contribution >= 4 is 44.6 Å². The number of hydrogen-bond acceptors (Lipinski definition) is 6. The van der Waals surface area contributed by atoms with E-state index in [9.17, 15) is 9.59 Å². The fourth-order valence-electron chi connectivity index (χ4n) is 3.47. The van der Waals surface area contributed by atoms with Crippen molar-refractivity contribution in [2.45, 2.75) is 39.2 Å². The maximum atomic E-state index is 13.3. The summed E-state index contributed by atoms with van der Waals surface area (Å²) in [7, 11) is 0. The quantitative estimate of drug-likeness (QED) is 0.497. The Hall–Kier alpha value is -2.25. The standard InChI is InChI=1S/C20H21N3O2S2/c1-12(2)11-23-19(25)17-13-6-3-4-7-15(13)27-18(17)22-20(23)21-10-14(24)16-8-5-9-26-16/h5,8-9H,1,3-4,6-7,10-11H2,2H3,(H,21,22). The minimum absolute atomic E-state index is 0.00769.